The van der Waals surface area contributed by atoms with Crippen molar-refractivity contribution in [2.45, 2.75) is 26.4 Å². The minimum absolute atomic E-state index is 0.0572. The van der Waals surface area contributed by atoms with Crippen LogP contribution in [0.25, 0.3) is 0 Å². The Bertz CT molecular complexity index is 609. The predicted octanol–water partition coefficient (Wildman–Crippen LogP) is 3.95. The molecule has 110 valence electrons. The van der Waals surface area contributed by atoms with Crippen molar-refractivity contribution in [3.05, 3.63) is 59.7 Å². The number of hydrogen-bond acceptors (Lipinski definition) is 4. The minimum Gasteiger partial charge on any atom is -0.507 e. The molecule has 0 aliphatic heterocycles. The number of nitrogens with zero attached hydrogens (tertiary/aromatic N) is 1. The summed E-state index contributed by atoms with van der Waals surface area (Å²) >= 11 is 0. The van der Waals surface area contributed by atoms with Crippen molar-refractivity contribution in [3.63, 3.8) is 0 Å². The van der Waals surface area contributed by atoms with Crippen molar-refractivity contribution in [2.75, 3.05) is 0 Å². The van der Waals surface area contributed by atoms with Crippen molar-refractivity contribution in [3.8, 4) is 11.5 Å². The van der Waals surface area contributed by atoms with Crippen molar-refractivity contribution < 1.29 is 15.1 Å². The van der Waals surface area contributed by atoms with E-state index < -0.39 is 0 Å². The molecular formula is C17H19NO3. The molecule has 0 aliphatic carbocycles. The molecule has 0 radical (unpaired) electrons. The molecule has 0 aromatic heterocycles. The molecule has 0 spiro atoms. The van der Waals surface area contributed by atoms with Gasteiger partial charge in [-0.3, -0.25) is 0 Å². The van der Waals surface area contributed by atoms with Gasteiger partial charge in [-0.1, -0.05) is 48.8 Å². The molecule has 0 saturated heterocycles. The van der Waals surface area contributed by atoms with Gasteiger partial charge in [0.1, 0.15) is 18.1 Å². The lowest BCUT2D eigenvalue weighted by atomic mass is 10.0. The maximum Gasteiger partial charge on any atom is 0.128 e. The average molecular weight is 285 g/mol. The Morgan fingerprint density at radius 1 is 1.14 bits per heavy atom. The summed E-state index contributed by atoms with van der Waals surface area (Å²) in [4.78, 5) is 0. The van der Waals surface area contributed by atoms with Gasteiger partial charge in [0.05, 0.1) is 5.71 Å². The number of oxime groups is 1. The van der Waals surface area contributed by atoms with Gasteiger partial charge < -0.3 is 15.1 Å². The monoisotopic (exact) mass is 285 g/mol. The summed E-state index contributed by atoms with van der Waals surface area (Å²) in [5, 5.41) is 22.3. The summed E-state index contributed by atoms with van der Waals surface area (Å²) in [5.74, 6) is 0.635. The highest BCUT2D eigenvalue weighted by Crippen LogP contribution is 2.26. The van der Waals surface area contributed by atoms with Gasteiger partial charge in [0, 0.05) is 11.6 Å². The summed E-state index contributed by atoms with van der Waals surface area (Å²) < 4.78 is 5.64. The molecule has 21 heavy (non-hydrogen) atoms. The van der Waals surface area contributed by atoms with E-state index in [4.69, 9.17) is 9.94 Å². The quantitative estimate of drug-likeness (QED) is 0.480. The summed E-state index contributed by atoms with van der Waals surface area (Å²) in [5.41, 5.74) is 2.07. The fourth-order valence-electron chi connectivity index (χ4n) is 2.06. The lowest BCUT2D eigenvalue weighted by molar-refractivity contribution is 0.304. The molecular weight excluding hydrogens is 266 g/mol. The van der Waals surface area contributed by atoms with Gasteiger partial charge >= 0.3 is 0 Å². The zero-order valence-corrected chi connectivity index (χ0v) is 12.0. The number of phenolic OH excluding ortho intramolecular Hbond substituents is 1. The molecule has 0 unspecified atom stereocenters. The lowest BCUT2D eigenvalue weighted by Crippen LogP contribution is -2.02. The Morgan fingerprint density at radius 3 is 2.52 bits per heavy atom. The molecule has 0 saturated carbocycles. The first kappa shape index (κ1) is 14.9. The summed E-state index contributed by atoms with van der Waals surface area (Å²) in [6.07, 6.45) is 1.44. The molecule has 0 heterocycles. The van der Waals surface area contributed by atoms with E-state index in [1.165, 1.54) is 0 Å². The van der Waals surface area contributed by atoms with Crippen LogP contribution in [0, 0.1) is 0 Å². The second-order valence-corrected chi connectivity index (χ2v) is 4.75. The van der Waals surface area contributed by atoms with Crippen LogP contribution in [0.1, 0.15) is 30.9 Å². The molecule has 0 bridgehead atoms. The maximum absolute atomic E-state index is 10.0. The molecule has 2 rings (SSSR count). The predicted molar refractivity (Wildman–Crippen MR) is 82.1 cm³/mol. The lowest BCUT2D eigenvalue weighted by Gasteiger charge is -2.10. The van der Waals surface area contributed by atoms with E-state index in [2.05, 4.69) is 5.16 Å². The third-order valence-corrected chi connectivity index (χ3v) is 3.14. The van der Waals surface area contributed by atoms with Crippen LogP contribution in [-0.4, -0.2) is 16.0 Å². The van der Waals surface area contributed by atoms with Gasteiger partial charge in [-0.25, -0.2) is 0 Å². The van der Waals surface area contributed by atoms with Crippen LogP contribution in [0.5, 0.6) is 11.5 Å². The zero-order valence-electron chi connectivity index (χ0n) is 12.0. The van der Waals surface area contributed by atoms with Gasteiger partial charge in [-0.05, 0) is 24.1 Å². The minimum atomic E-state index is 0.0572. The van der Waals surface area contributed by atoms with E-state index in [1.54, 1.807) is 18.2 Å². The Morgan fingerprint density at radius 2 is 1.90 bits per heavy atom. The molecule has 0 atom stereocenters. The largest absolute Gasteiger partial charge is 0.507 e. The van der Waals surface area contributed by atoms with Crippen LogP contribution < -0.4 is 4.74 Å². The van der Waals surface area contributed by atoms with E-state index in [0.717, 1.165) is 12.0 Å². The normalized spacial score (nSPS) is 11.4. The van der Waals surface area contributed by atoms with Gasteiger partial charge in [-0.2, -0.15) is 0 Å². The van der Waals surface area contributed by atoms with Gasteiger partial charge in [-0.15, -0.1) is 0 Å². The van der Waals surface area contributed by atoms with Crippen LogP contribution in [-0.2, 0) is 6.61 Å². The number of phenols is 1. The Hall–Kier alpha value is -2.49. The molecule has 0 amide bonds. The Labute approximate surface area is 124 Å². The topological polar surface area (TPSA) is 62.1 Å². The first-order valence-corrected chi connectivity index (χ1v) is 6.95. The smallest absolute Gasteiger partial charge is 0.128 e. The van der Waals surface area contributed by atoms with Crippen LogP contribution in [0.15, 0.2) is 53.7 Å². The molecule has 2 aromatic rings. The highest BCUT2D eigenvalue weighted by Gasteiger charge is 2.10. The van der Waals surface area contributed by atoms with E-state index in [9.17, 15) is 5.11 Å². The highest BCUT2D eigenvalue weighted by atomic mass is 16.5. The maximum atomic E-state index is 10.0. The molecule has 4 heteroatoms. The van der Waals surface area contributed by atoms with Crippen molar-refractivity contribution in [1.29, 1.82) is 0 Å². The summed E-state index contributed by atoms with van der Waals surface area (Å²) in [7, 11) is 0. The fraction of sp³-hybridized carbons (Fsp3) is 0.235. The summed E-state index contributed by atoms with van der Waals surface area (Å²) in [6.45, 7) is 2.43. The second-order valence-electron chi connectivity index (χ2n) is 4.75. The van der Waals surface area contributed by atoms with Crippen molar-refractivity contribution in [1.82, 2.24) is 0 Å². The third kappa shape index (κ3) is 3.99. The van der Waals surface area contributed by atoms with Gasteiger partial charge in [0.25, 0.3) is 0 Å². The van der Waals surface area contributed by atoms with Gasteiger partial charge in [0.15, 0.2) is 0 Å². The van der Waals surface area contributed by atoms with Crippen molar-refractivity contribution in [2.24, 2.45) is 5.16 Å². The first-order chi connectivity index (χ1) is 10.2. The van der Waals surface area contributed by atoms with Crippen LogP contribution in [0.3, 0.4) is 0 Å². The standard InChI is InChI=1S/C17H19NO3/c1-2-6-16(18-20)15-10-9-14(11-17(15)19)21-12-13-7-4-3-5-8-13/h3-5,7-11,19-20H,2,6,12H2,1H3. The van der Waals surface area contributed by atoms with Crippen LogP contribution in [0.4, 0.5) is 0 Å². The van der Waals surface area contributed by atoms with Gasteiger partial charge in [0.2, 0.25) is 0 Å². The zero-order chi connectivity index (χ0) is 15.1. The third-order valence-electron chi connectivity index (χ3n) is 3.14. The fourth-order valence-corrected chi connectivity index (χ4v) is 2.06. The number of aromatic hydroxyl groups is 1. The molecule has 2 N–H and O–H groups in total. The second kappa shape index (κ2) is 7.33. The molecule has 0 aliphatic rings. The number of ether oxygens (including phenoxy) is 1. The van der Waals surface area contributed by atoms with Crippen LogP contribution >= 0.6 is 0 Å². The molecule has 4 nitrogen and oxygen atoms in total. The SMILES string of the molecule is CCCC(=NO)c1ccc(OCc2ccccc2)cc1O. The Balaban J connectivity index is 2.08. The van der Waals surface area contributed by atoms with E-state index in [0.29, 0.717) is 30.1 Å². The van der Waals surface area contributed by atoms with E-state index in [1.807, 2.05) is 37.3 Å². The summed E-state index contributed by atoms with van der Waals surface area (Å²) in [6, 6.07) is 14.8. The van der Waals surface area contributed by atoms with Crippen molar-refractivity contribution >= 4 is 5.71 Å². The molecule has 0 fully saturated rings. The Kier molecular flexibility index (Phi) is 5.21. The highest BCUT2D eigenvalue weighted by molar-refractivity contribution is 6.02. The first-order valence-electron chi connectivity index (χ1n) is 6.95. The number of benzene rings is 2. The van der Waals surface area contributed by atoms with E-state index in [-0.39, 0.29) is 5.75 Å². The average Bonchev–Trinajstić information content (AvgIpc) is 2.52. The number of hydrogen-bond donors (Lipinski definition) is 2. The molecule has 2 aromatic carbocycles. The number of rotatable bonds is 6. The van der Waals surface area contributed by atoms with Crippen LogP contribution in [0.2, 0.25) is 0 Å². The van der Waals surface area contributed by atoms with E-state index >= 15 is 0 Å².